The van der Waals surface area contributed by atoms with Gasteiger partial charge in [0.05, 0.1) is 12.2 Å². The van der Waals surface area contributed by atoms with Crippen molar-refractivity contribution in [3.05, 3.63) is 35.4 Å². The molecule has 0 aromatic heterocycles. The lowest BCUT2D eigenvalue weighted by atomic mass is 10.1. The SMILES string of the molecule is CCCN(CCC)C(=O)c1ccccc1C#CCCO. The Balaban J connectivity index is 2.99. The fraction of sp³-hybridized carbons (Fsp3) is 0.471. The van der Waals surface area contributed by atoms with E-state index in [2.05, 4.69) is 25.7 Å². The Kier molecular flexibility index (Phi) is 7.46. The highest BCUT2D eigenvalue weighted by Crippen LogP contribution is 2.12. The van der Waals surface area contributed by atoms with Crippen molar-refractivity contribution in [1.29, 1.82) is 0 Å². The van der Waals surface area contributed by atoms with Crippen molar-refractivity contribution in [3.63, 3.8) is 0 Å². The van der Waals surface area contributed by atoms with Crippen LogP contribution in [0.4, 0.5) is 0 Å². The number of hydrogen-bond donors (Lipinski definition) is 1. The molecule has 0 saturated heterocycles. The first-order valence-electron chi connectivity index (χ1n) is 7.22. The summed E-state index contributed by atoms with van der Waals surface area (Å²) in [7, 11) is 0. The van der Waals surface area contributed by atoms with Gasteiger partial charge in [-0.15, -0.1) is 0 Å². The molecule has 0 atom stereocenters. The van der Waals surface area contributed by atoms with E-state index in [9.17, 15) is 4.79 Å². The number of aliphatic hydroxyl groups is 1. The summed E-state index contributed by atoms with van der Waals surface area (Å²) in [6.07, 6.45) is 2.32. The van der Waals surface area contributed by atoms with Gasteiger partial charge in [-0.05, 0) is 25.0 Å². The molecule has 108 valence electrons. The summed E-state index contributed by atoms with van der Waals surface area (Å²) < 4.78 is 0. The van der Waals surface area contributed by atoms with Crippen molar-refractivity contribution in [2.24, 2.45) is 0 Å². The number of nitrogens with zero attached hydrogens (tertiary/aromatic N) is 1. The van der Waals surface area contributed by atoms with Crippen LogP contribution in [0.5, 0.6) is 0 Å². The summed E-state index contributed by atoms with van der Waals surface area (Å²) in [5, 5.41) is 8.77. The summed E-state index contributed by atoms with van der Waals surface area (Å²) >= 11 is 0. The fourth-order valence-electron chi connectivity index (χ4n) is 2.02. The van der Waals surface area contributed by atoms with Crippen molar-refractivity contribution < 1.29 is 9.90 Å². The van der Waals surface area contributed by atoms with Crippen molar-refractivity contribution in [1.82, 2.24) is 4.90 Å². The van der Waals surface area contributed by atoms with Crippen LogP contribution in [0.3, 0.4) is 0 Å². The molecule has 0 unspecified atom stereocenters. The highest BCUT2D eigenvalue weighted by molar-refractivity contribution is 5.96. The lowest BCUT2D eigenvalue weighted by Crippen LogP contribution is -2.32. The molecule has 1 amide bonds. The van der Waals surface area contributed by atoms with E-state index in [4.69, 9.17) is 5.11 Å². The first kappa shape index (κ1) is 16.3. The van der Waals surface area contributed by atoms with E-state index in [1.807, 2.05) is 29.2 Å². The highest BCUT2D eigenvalue weighted by atomic mass is 16.2. The lowest BCUT2D eigenvalue weighted by Gasteiger charge is -2.22. The molecule has 20 heavy (non-hydrogen) atoms. The quantitative estimate of drug-likeness (QED) is 0.810. The maximum atomic E-state index is 12.6. The van der Waals surface area contributed by atoms with Crippen molar-refractivity contribution >= 4 is 5.91 Å². The third-order valence-corrected chi connectivity index (χ3v) is 2.89. The van der Waals surface area contributed by atoms with Gasteiger partial charge >= 0.3 is 0 Å². The van der Waals surface area contributed by atoms with Crippen LogP contribution in [0, 0.1) is 11.8 Å². The van der Waals surface area contributed by atoms with Gasteiger partial charge < -0.3 is 10.0 Å². The van der Waals surface area contributed by atoms with Gasteiger partial charge in [-0.2, -0.15) is 0 Å². The standard InChI is InChI=1S/C17H23NO2/c1-3-12-18(13-4-2)17(20)16-11-6-5-9-15(16)10-7-8-14-19/h5-6,9,11,19H,3-4,8,12-14H2,1-2H3. The Morgan fingerprint density at radius 2 is 1.85 bits per heavy atom. The van der Waals surface area contributed by atoms with Gasteiger partial charge in [0, 0.05) is 25.1 Å². The van der Waals surface area contributed by atoms with E-state index in [1.165, 1.54) is 0 Å². The molecular formula is C17H23NO2. The molecule has 0 radical (unpaired) electrons. The van der Waals surface area contributed by atoms with Gasteiger partial charge in [-0.3, -0.25) is 4.79 Å². The third-order valence-electron chi connectivity index (χ3n) is 2.89. The number of amides is 1. The van der Waals surface area contributed by atoms with Gasteiger partial charge in [-0.1, -0.05) is 37.8 Å². The summed E-state index contributed by atoms with van der Waals surface area (Å²) in [4.78, 5) is 14.5. The minimum atomic E-state index is 0.0426. The maximum absolute atomic E-state index is 12.6. The molecule has 0 saturated carbocycles. The third kappa shape index (κ3) is 4.71. The number of rotatable bonds is 6. The van der Waals surface area contributed by atoms with Crippen molar-refractivity contribution in [2.75, 3.05) is 19.7 Å². The maximum Gasteiger partial charge on any atom is 0.255 e. The molecule has 1 rings (SSSR count). The molecule has 3 nitrogen and oxygen atoms in total. The minimum Gasteiger partial charge on any atom is -0.395 e. The van der Waals surface area contributed by atoms with E-state index in [-0.39, 0.29) is 12.5 Å². The second-order valence-corrected chi connectivity index (χ2v) is 4.61. The summed E-state index contributed by atoms with van der Waals surface area (Å²) in [5.41, 5.74) is 1.39. The zero-order chi connectivity index (χ0) is 14.8. The molecular weight excluding hydrogens is 250 g/mol. The second-order valence-electron chi connectivity index (χ2n) is 4.61. The van der Waals surface area contributed by atoms with E-state index >= 15 is 0 Å². The minimum absolute atomic E-state index is 0.0426. The normalized spacial score (nSPS) is 9.75. The van der Waals surface area contributed by atoms with Crippen LogP contribution in [-0.2, 0) is 0 Å². The van der Waals surface area contributed by atoms with E-state index in [1.54, 1.807) is 0 Å². The Hall–Kier alpha value is -1.79. The van der Waals surface area contributed by atoms with Crippen molar-refractivity contribution in [3.8, 4) is 11.8 Å². The number of carbonyl (C=O) groups excluding carboxylic acids is 1. The van der Waals surface area contributed by atoms with Crippen LogP contribution < -0.4 is 0 Å². The largest absolute Gasteiger partial charge is 0.395 e. The van der Waals surface area contributed by atoms with Gasteiger partial charge in [0.15, 0.2) is 0 Å². The van der Waals surface area contributed by atoms with Crippen LogP contribution >= 0.6 is 0 Å². The molecule has 1 aromatic carbocycles. The van der Waals surface area contributed by atoms with Crippen LogP contribution in [0.15, 0.2) is 24.3 Å². The summed E-state index contributed by atoms with van der Waals surface area (Å²) in [6.45, 7) is 5.73. The van der Waals surface area contributed by atoms with E-state index in [0.717, 1.165) is 31.5 Å². The van der Waals surface area contributed by atoms with Gasteiger partial charge in [-0.25, -0.2) is 0 Å². The average molecular weight is 273 g/mol. The smallest absolute Gasteiger partial charge is 0.255 e. The second kappa shape index (κ2) is 9.17. The Labute approximate surface area is 121 Å². The number of carbonyl (C=O) groups is 1. The summed E-state index contributed by atoms with van der Waals surface area (Å²) in [6, 6.07) is 7.42. The fourth-order valence-corrected chi connectivity index (χ4v) is 2.02. The molecule has 0 spiro atoms. The molecule has 0 aliphatic carbocycles. The summed E-state index contributed by atoms with van der Waals surface area (Å²) in [5.74, 6) is 5.90. The Bertz CT molecular complexity index is 479. The molecule has 1 N–H and O–H groups in total. The van der Waals surface area contributed by atoms with Gasteiger partial charge in [0.25, 0.3) is 5.91 Å². The number of aliphatic hydroxyl groups excluding tert-OH is 1. The van der Waals surface area contributed by atoms with Gasteiger partial charge in [0.1, 0.15) is 0 Å². The molecule has 1 aromatic rings. The Morgan fingerprint density at radius 1 is 1.20 bits per heavy atom. The first-order valence-corrected chi connectivity index (χ1v) is 7.22. The molecule has 0 aliphatic heterocycles. The van der Waals surface area contributed by atoms with Crippen LogP contribution in [0.1, 0.15) is 49.0 Å². The monoisotopic (exact) mass is 273 g/mol. The topological polar surface area (TPSA) is 40.5 Å². The van der Waals surface area contributed by atoms with E-state index in [0.29, 0.717) is 12.0 Å². The highest BCUT2D eigenvalue weighted by Gasteiger charge is 2.16. The zero-order valence-corrected chi connectivity index (χ0v) is 12.4. The van der Waals surface area contributed by atoms with Crippen LogP contribution in [0.2, 0.25) is 0 Å². The van der Waals surface area contributed by atoms with Crippen LogP contribution in [0.25, 0.3) is 0 Å². The molecule has 0 fully saturated rings. The van der Waals surface area contributed by atoms with Gasteiger partial charge in [0.2, 0.25) is 0 Å². The molecule has 3 heteroatoms. The van der Waals surface area contributed by atoms with Crippen molar-refractivity contribution in [2.45, 2.75) is 33.1 Å². The molecule has 0 bridgehead atoms. The van der Waals surface area contributed by atoms with Crippen LogP contribution in [-0.4, -0.2) is 35.6 Å². The van der Waals surface area contributed by atoms with E-state index < -0.39 is 0 Å². The first-order chi connectivity index (χ1) is 9.74. The predicted molar refractivity (Wildman–Crippen MR) is 81.5 cm³/mol. The number of benzene rings is 1. The molecule has 0 heterocycles. The number of hydrogen-bond acceptors (Lipinski definition) is 2. The average Bonchev–Trinajstić information content (AvgIpc) is 2.47. The lowest BCUT2D eigenvalue weighted by molar-refractivity contribution is 0.0755. The predicted octanol–water partition coefficient (Wildman–Crippen LogP) is 2.68. The molecule has 0 aliphatic rings. The zero-order valence-electron chi connectivity index (χ0n) is 12.4. The Morgan fingerprint density at radius 3 is 2.45 bits per heavy atom.